The van der Waals surface area contributed by atoms with Crippen molar-refractivity contribution in [2.75, 3.05) is 7.11 Å². The molecule has 1 heterocycles. The zero-order valence-corrected chi connectivity index (χ0v) is 12.2. The maximum Gasteiger partial charge on any atom is 0.327 e. The van der Waals surface area contributed by atoms with Gasteiger partial charge in [0.2, 0.25) is 0 Å². The van der Waals surface area contributed by atoms with E-state index in [2.05, 4.69) is 10.4 Å². The van der Waals surface area contributed by atoms with Crippen LogP contribution < -0.4 is 5.32 Å². The van der Waals surface area contributed by atoms with Gasteiger partial charge in [-0.1, -0.05) is 11.6 Å². The first-order chi connectivity index (χ1) is 8.30. The minimum atomic E-state index is -0.830. The summed E-state index contributed by atoms with van der Waals surface area (Å²) in [6, 6.07) is 0.153. The standard InChI is InChI=1S/C12H20ClN3O2/c1-8(2)15-12(4,11(17)18-5)7-16-9(3)10(13)6-14-16/h6,8,15H,7H2,1-5H3. The third kappa shape index (κ3) is 3.23. The molecule has 6 heteroatoms. The Kier molecular flexibility index (Phi) is 4.76. The quantitative estimate of drug-likeness (QED) is 0.831. The van der Waals surface area contributed by atoms with Crippen molar-refractivity contribution in [2.45, 2.75) is 45.8 Å². The van der Waals surface area contributed by atoms with Crippen molar-refractivity contribution in [3.05, 3.63) is 16.9 Å². The molecule has 1 rings (SSSR count). The second-order valence-corrected chi connectivity index (χ2v) is 5.27. The highest BCUT2D eigenvalue weighted by Gasteiger charge is 2.36. The minimum absolute atomic E-state index is 0.153. The highest BCUT2D eigenvalue weighted by Crippen LogP contribution is 2.17. The SMILES string of the molecule is COC(=O)C(C)(Cn1ncc(Cl)c1C)NC(C)C. The fourth-order valence-electron chi connectivity index (χ4n) is 1.91. The number of halogens is 1. The van der Waals surface area contributed by atoms with Gasteiger partial charge < -0.3 is 4.74 Å². The summed E-state index contributed by atoms with van der Waals surface area (Å²) in [5, 5.41) is 7.96. The van der Waals surface area contributed by atoms with Crippen molar-refractivity contribution in [1.29, 1.82) is 0 Å². The van der Waals surface area contributed by atoms with Crippen molar-refractivity contribution in [1.82, 2.24) is 15.1 Å². The average molecular weight is 274 g/mol. The molecule has 0 fully saturated rings. The van der Waals surface area contributed by atoms with Gasteiger partial charge in [-0.25, -0.2) is 4.79 Å². The lowest BCUT2D eigenvalue weighted by atomic mass is 10.0. The minimum Gasteiger partial charge on any atom is -0.468 e. The molecule has 0 bridgehead atoms. The van der Waals surface area contributed by atoms with Gasteiger partial charge in [0.05, 0.1) is 30.6 Å². The molecule has 1 atom stereocenters. The Bertz CT molecular complexity index is 431. The summed E-state index contributed by atoms with van der Waals surface area (Å²) in [6.07, 6.45) is 1.57. The van der Waals surface area contributed by atoms with Crippen LogP contribution in [0.1, 0.15) is 26.5 Å². The summed E-state index contributed by atoms with van der Waals surface area (Å²) in [6.45, 7) is 7.99. The van der Waals surface area contributed by atoms with Gasteiger partial charge in [-0.05, 0) is 27.7 Å². The molecule has 1 aromatic heterocycles. The molecule has 0 aliphatic carbocycles. The molecule has 0 saturated heterocycles. The predicted molar refractivity (Wildman–Crippen MR) is 70.7 cm³/mol. The largest absolute Gasteiger partial charge is 0.468 e. The normalized spacial score (nSPS) is 14.6. The van der Waals surface area contributed by atoms with Crippen molar-refractivity contribution in [2.24, 2.45) is 0 Å². The van der Waals surface area contributed by atoms with Gasteiger partial charge in [0, 0.05) is 6.04 Å². The van der Waals surface area contributed by atoms with E-state index in [1.807, 2.05) is 20.8 Å². The number of carbonyl (C=O) groups is 1. The van der Waals surface area contributed by atoms with Crippen LogP contribution in [-0.4, -0.2) is 34.4 Å². The van der Waals surface area contributed by atoms with Crippen LogP contribution in [0, 0.1) is 6.92 Å². The van der Waals surface area contributed by atoms with E-state index in [0.717, 1.165) is 5.69 Å². The van der Waals surface area contributed by atoms with Crippen molar-refractivity contribution < 1.29 is 9.53 Å². The molecule has 1 aromatic rings. The topological polar surface area (TPSA) is 56.2 Å². The molecule has 0 aromatic carbocycles. The number of carbonyl (C=O) groups excluding carboxylic acids is 1. The van der Waals surface area contributed by atoms with Crippen molar-refractivity contribution in [3.63, 3.8) is 0 Å². The highest BCUT2D eigenvalue weighted by molar-refractivity contribution is 6.31. The van der Waals surface area contributed by atoms with Crippen LogP contribution in [-0.2, 0) is 16.1 Å². The Labute approximate surface area is 112 Å². The van der Waals surface area contributed by atoms with Gasteiger partial charge in [-0.2, -0.15) is 5.10 Å². The summed E-state index contributed by atoms with van der Waals surface area (Å²) in [5.41, 5.74) is 0.000549. The molecule has 0 aliphatic heterocycles. The highest BCUT2D eigenvalue weighted by atomic mass is 35.5. The molecule has 1 N–H and O–H groups in total. The van der Waals surface area contributed by atoms with E-state index in [0.29, 0.717) is 11.6 Å². The van der Waals surface area contributed by atoms with Crippen LogP contribution in [0.15, 0.2) is 6.20 Å². The first kappa shape index (κ1) is 15.0. The van der Waals surface area contributed by atoms with Crippen molar-refractivity contribution >= 4 is 17.6 Å². The fraction of sp³-hybridized carbons (Fsp3) is 0.667. The van der Waals surface area contributed by atoms with Gasteiger partial charge >= 0.3 is 5.97 Å². The Morgan fingerprint density at radius 2 is 2.28 bits per heavy atom. The van der Waals surface area contributed by atoms with Crippen LogP contribution in [0.25, 0.3) is 0 Å². The lowest BCUT2D eigenvalue weighted by molar-refractivity contribution is -0.149. The van der Waals surface area contributed by atoms with Crippen LogP contribution >= 0.6 is 11.6 Å². The van der Waals surface area contributed by atoms with E-state index >= 15 is 0 Å². The van der Waals surface area contributed by atoms with E-state index in [4.69, 9.17) is 16.3 Å². The maximum atomic E-state index is 11.9. The summed E-state index contributed by atoms with van der Waals surface area (Å²) in [7, 11) is 1.38. The molecule has 0 radical (unpaired) electrons. The molecular weight excluding hydrogens is 254 g/mol. The Balaban J connectivity index is 2.98. The molecule has 0 amide bonds. The number of ether oxygens (including phenoxy) is 1. The first-order valence-electron chi connectivity index (χ1n) is 5.84. The van der Waals surface area contributed by atoms with Gasteiger partial charge in [0.1, 0.15) is 5.54 Å². The molecule has 0 aliphatic rings. The van der Waals surface area contributed by atoms with E-state index < -0.39 is 5.54 Å². The summed E-state index contributed by atoms with van der Waals surface area (Å²) in [5.74, 6) is -0.317. The number of hydrogen-bond acceptors (Lipinski definition) is 4. The molecule has 18 heavy (non-hydrogen) atoms. The molecule has 1 unspecified atom stereocenters. The van der Waals surface area contributed by atoms with E-state index in [-0.39, 0.29) is 12.0 Å². The molecule has 102 valence electrons. The third-order valence-electron chi connectivity index (χ3n) is 2.75. The number of rotatable bonds is 5. The second-order valence-electron chi connectivity index (χ2n) is 4.86. The number of hydrogen-bond donors (Lipinski definition) is 1. The number of esters is 1. The average Bonchev–Trinajstić information content (AvgIpc) is 2.58. The fourth-order valence-corrected chi connectivity index (χ4v) is 2.06. The monoisotopic (exact) mass is 273 g/mol. The molecule has 0 spiro atoms. The van der Waals surface area contributed by atoms with Gasteiger partial charge in [0.25, 0.3) is 0 Å². The number of aromatic nitrogens is 2. The van der Waals surface area contributed by atoms with E-state index in [9.17, 15) is 4.79 Å². The van der Waals surface area contributed by atoms with Crippen molar-refractivity contribution in [3.8, 4) is 0 Å². The van der Waals surface area contributed by atoms with E-state index in [1.54, 1.807) is 17.8 Å². The number of methoxy groups -OCH3 is 1. The van der Waals surface area contributed by atoms with Gasteiger partial charge in [0.15, 0.2) is 0 Å². The van der Waals surface area contributed by atoms with Gasteiger partial charge in [-0.3, -0.25) is 10.00 Å². The maximum absolute atomic E-state index is 11.9. The Morgan fingerprint density at radius 1 is 1.67 bits per heavy atom. The Morgan fingerprint density at radius 3 is 2.67 bits per heavy atom. The summed E-state index contributed by atoms with van der Waals surface area (Å²) >= 11 is 5.96. The Hall–Kier alpha value is -1.07. The predicted octanol–water partition coefficient (Wildman–Crippen LogP) is 1.77. The lowest BCUT2D eigenvalue weighted by Crippen LogP contribution is -2.55. The third-order valence-corrected chi connectivity index (χ3v) is 3.12. The molecule has 0 saturated carbocycles. The zero-order chi connectivity index (χ0) is 13.9. The van der Waals surface area contributed by atoms with Crippen LogP contribution in [0.4, 0.5) is 0 Å². The van der Waals surface area contributed by atoms with Gasteiger partial charge in [-0.15, -0.1) is 0 Å². The van der Waals surface area contributed by atoms with Crippen LogP contribution in [0.2, 0.25) is 5.02 Å². The lowest BCUT2D eigenvalue weighted by Gasteiger charge is -2.30. The van der Waals surface area contributed by atoms with E-state index in [1.165, 1.54) is 7.11 Å². The molecule has 5 nitrogen and oxygen atoms in total. The van der Waals surface area contributed by atoms with Crippen LogP contribution in [0.5, 0.6) is 0 Å². The molecular formula is C12H20ClN3O2. The number of nitrogens with zero attached hydrogens (tertiary/aromatic N) is 2. The first-order valence-corrected chi connectivity index (χ1v) is 6.22. The zero-order valence-electron chi connectivity index (χ0n) is 11.5. The summed E-state index contributed by atoms with van der Waals surface area (Å²) in [4.78, 5) is 11.9. The number of nitrogens with one attached hydrogen (secondary N) is 1. The van der Waals surface area contributed by atoms with Crippen LogP contribution in [0.3, 0.4) is 0 Å². The summed E-state index contributed by atoms with van der Waals surface area (Å²) < 4.78 is 6.56. The second kappa shape index (κ2) is 5.71. The smallest absolute Gasteiger partial charge is 0.327 e.